The van der Waals surface area contributed by atoms with E-state index in [1.807, 2.05) is 0 Å². The molecule has 0 aliphatic rings. The van der Waals surface area contributed by atoms with Crippen LogP contribution in [0.3, 0.4) is 0 Å². The maximum atomic E-state index is 12.6. The smallest absolute Gasteiger partial charge is 0.309 e. The molecule has 0 saturated heterocycles. The van der Waals surface area contributed by atoms with Gasteiger partial charge in [-0.15, -0.1) is 0 Å². The molecule has 1 aromatic heterocycles. The Kier molecular flexibility index (Phi) is 3.76. The van der Waals surface area contributed by atoms with Gasteiger partial charge in [0.15, 0.2) is 0 Å². The lowest BCUT2D eigenvalue weighted by Gasteiger charge is -2.11. The van der Waals surface area contributed by atoms with Crippen molar-refractivity contribution in [3.05, 3.63) is 23.0 Å². The predicted molar refractivity (Wildman–Crippen MR) is 51.8 cm³/mol. The first-order chi connectivity index (χ1) is 7.45. The summed E-state index contributed by atoms with van der Waals surface area (Å²) in [4.78, 5) is 14.1. The molecular weight excluding hydrogens is 220 g/mol. The number of alkyl halides is 2. The molecule has 0 atom stereocenters. The van der Waals surface area contributed by atoms with E-state index in [4.69, 9.17) is 9.84 Å². The number of carboxylic acid groups (broad SMARTS) is 1. The van der Waals surface area contributed by atoms with Crippen molar-refractivity contribution in [3.63, 3.8) is 0 Å². The second kappa shape index (κ2) is 4.87. The van der Waals surface area contributed by atoms with Crippen molar-refractivity contribution in [2.45, 2.75) is 19.8 Å². The molecule has 1 heterocycles. The van der Waals surface area contributed by atoms with Crippen molar-refractivity contribution < 1.29 is 23.4 Å². The van der Waals surface area contributed by atoms with Gasteiger partial charge in [-0.25, -0.2) is 8.78 Å². The number of hydrogen-bond donors (Lipinski definition) is 1. The molecule has 1 N–H and O–H groups in total. The molecule has 1 rings (SSSR count). The minimum atomic E-state index is -2.75. The van der Waals surface area contributed by atoms with Gasteiger partial charge in [-0.2, -0.15) is 0 Å². The van der Waals surface area contributed by atoms with E-state index in [9.17, 15) is 13.6 Å². The monoisotopic (exact) mass is 231 g/mol. The van der Waals surface area contributed by atoms with Gasteiger partial charge >= 0.3 is 5.97 Å². The lowest BCUT2D eigenvalue weighted by molar-refractivity contribution is -0.136. The summed E-state index contributed by atoms with van der Waals surface area (Å²) in [5.41, 5.74) is -0.146. The Morgan fingerprint density at radius 2 is 2.25 bits per heavy atom. The van der Waals surface area contributed by atoms with Crippen LogP contribution in [0.4, 0.5) is 8.78 Å². The Morgan fingerprint density at radius 1 is 1.62 bits per heavy atom. The lowest BCUT2D eigenvalue weighted by atomic mass is 10.1. The van der Waals surface area contributed by atoms with Crippen LogP contribution in [0.2, 0.25) is 0 Å². The van der Waals surface area contributed by atoms with Crippen molar-refractivity contribution >= 4 is 5.97 Å². The van der Waals surface area contributed by atoms with Gasteiger partial charge in [0, 0.05) is 11.6 Å². The second-order valence-corrected chi connectivity index (χ2v) is 3.20. The Morgan fingerprint density at radius 3 is 2.69 bits per heavy atom. The molecule has 0 aromatic carbocycles. The Bertz CT molecular complexity index is 407. The lowest BCUT2D eigenvalue weighted by Crippen LogP contribution is -2.07. The Labute approximate surface area is 90.9 Å². The molecule has 0 spiro atoms. The third-order valence-electron chi connectivity index (χ3n) is 2.07. The molecule has 1 aromatic rings. The second-order valence-electron chi connectivity index (χ2n) is 3.20. The molecule has 6 heteroatoms. The van der Waals surface area contributed by atoms with Crippen LogP contribution in [0.15, 0.2) is 6.07 Å². The van der Waals surface area contributed by atoms with Crippen molar-refractivity contribution in [1.29, 1.82) is 0 Å². The quantitative estimate of drug-likeness (QED) is 0.860. The normalized spacial score (nSPS) is 10.6. The molecule has 4 nitrogen and oxygen atoms in total. The SMILES string of the molecule is COc1cc(CC(=O)O)nc(C(F)F)c1C. The number of halogens is 2. The summed E-state index contributed by atoms with van der Waals surface area (Å²) in [5.74, 6) is -0.903. The third kappa shape index (κ3) is 2.65. The average molecular weight is 231 g/mol. The van der Waals surface area contributed by atoms with Gasteiger partial charge in [0.1, 0.15) is 11.4 Å². The van der Waals surface area contributed by atoms with Crippen molar-refractivity contribution in [2.24, 2.45) is 0 Å². The van der Waals surface area contributed by atoms with Gasteiger partial charge in [-0.3, -0.25) is 9.78 Å². The minimum absolute atomic E-state index is 0.0604. The van der Waals surface area contributed by atoms with Gasteiger partial charge in [-0.1, -0.05) is 0 Å². The molecule has 0 unspecified atom stereocenters. The zero-order chi connectivity index (χ0) is 12.3. The molecule has 0 fully saturated rings. The Balaban J connectivity index is 3.22. The molecule has 0 aliphatic carbocycles. The highest BCUT2D eigenvalue weighted by molar-refractivity contribution is 5.69. The molecular formula is C10H11F2NO3. The van der Waals surface area contributed by atoms with Crippen LogP contribution in [0.1, 0.15) is 23.4 Å². The van der Waals surface area contributed by atoms with Crippen LogP contribution in [0.5, 0.6) is 5.75 Å². The summed E-state index contributed by atoms with van der Waals surface area (Å²) < 4.78 is 30.1. The van der Waals surface area contributed by atoms with Crippen molar-refractivity contribution in [1.82, 2.24) is 4.98 Å². The molecule has 0 bridgehead atoms. The number of pyridine rings is 1. The molecule has 88 valence electrons. The zero-order valence-corrected chi connectivity index (χ0v) is 8.83. The predicted octanol–water partition coefficient (Wildman–Crippen LogP) is 1.96. The number of methoxy groups -OCH3 is 1. The fourth-order valence-electron chi connectivity index (χ4n) is 1.33. The van der Waals surface area contributed by atoms with Crippen LogP contribution in [-0.2, 0) is 11.2 Å². The standard InChI is InChI=1S/C10H11F2NO3/c1-5-7(16-2)3-6(4-8(14)15)13-9(5)10(11)12/h3,10H,4H2,1-2H3,(H,14,15). The number of ether oxygens (including phenoxy) is 1. The fraction of sp³-hybridized carbons (Fsp3) is 0.400. The number of rotatable bonds is 4. The van der Waals surface area contributed by atoms with E-state index in [0.29, 0.717) is 0 Å². The van der Waals surface area contributed by atoms with Gasteiger partial charge in [0.2, 0.25) is 0 Å². The van der Waals surface area contributed by atoms with Gasteiger partial charge in [0.25, 0.3) is 6.43 Å². The summed E-state index contributed by atoms with van der Waals surface area (Å²) >= 11 is 0. The van der Waals surface area contributed by atoms with Crippen LogP contribution in [0.25, 0.3) is 0 Å². The van der Waals surface area contributed by atoms with Gasteiger partial charge in [0.05, 0.1) is 19.2 Å². The number of carbonyl (C=O) groups is 1. The van der Waals surface area contributed by atoms with E-state index in [1.165, 1.54) is 20.1 Å². The van der Waals surface area contributed by atoms with Gasteiger partial charge < -0.3 is 9.84 Å². The first kappa shape index (κ1) is 12.4. The highest BCUT2D eigenvalue weighted by Gasteiger charge is 2.18. The van der Waals surface area contributed by atoms with E-state index in [0.717, 1.165) is 0 Å². The topological polar surface area (TPSA) is 59.4 Å². The van der Waals surface area contributed by atoms with E-state index < -0.39 is 24.5 Å². The zero-order valence-electron chi connectivity index (χ0n) is 8.83. The molecule has 0 amide bonds. The van der Waals surface area contributed by atoms with Gasteiger partial charge in [-0.05, 0) is 6.92 Å². The van der Waals surface area contributed by atoms with Crippen LogP contribution < -0.4 is 4.74 Å². The fourth-order valence-corrected chi connectivity index (χ4v) is 1.33. The summed E-state index contributed by atoms with van der Waals surface area (Å²) in [6.07, 6.45) is -3.15. The average Bonchev–Trinajstić information content (AvgIpc) is 2.19. The molecule has 0 radical (unpaired) electrons. The number of carboxylic acids is 1. The first-order valence-corrected chi connectivity index (χ1v) is 4.50. The van der Waals surface area contributed by atoms with Crippen LogP contribution >= 0.6 is 0 Å². The van der Waals surface area contributed by atoms with E-state index >= 15 is 0 Å². The summed E-state index contributed by atoms with van der Waals surface area (Å²) in [6.45, 7) is 1.46. The highest BCUT2D eigenvalue weighted by atomic mass is 19.3. The van der Waals surface area contributed by atoms with Crippen molar-refractivity contribution in [2.75, 3.05) is 7.11 Å². The van der Waals surface area contributed by atoms with E-state index in [2.05, 4.69) is 4.98 Å². The van der Waals surface area contributed by atoms with E-state index in [-0.39, 0.29) is 17.0 Å². The molecule has 0 aliphatic heterocycles. The third-order valence-corrected chi connectivity index (χ3v) is 2.07. The number of aromatic nitrogens is 1. The van der Waals surface area contributed by atoms with Crippen LogP contribution in [0, 0.1) is 6.92 Å². The maximum absolute atomic E-state index is 12.6. The summed E-state index contributed by atoms with van der Waals surface area (Å²) in [7, 11) is 1.34. The number of hydrogen-bond acceptors (Lipinski definition) is 3. The molecule has 0 saturated carbocycles. The maximum Gasteiger partial charge on any atom is 0.309 e. The Hall–Kier alpha value is -1.72. The first-order valence-electron chi connectivity index (χ1n) is 4.50. The highest BCUT2D eigenvalue weighted by Crippen LogP contribution is 2.28. The molecule has 16 heavy (non-hydrogen) atoms. The largest absolute Gasteiger partial charge is 0.496 e. The number of nitrogens with zero attached hydrogens (tertiary/aromatic N) is 1. The van der Waals surface area contributed by atoms with Crippen LogP contribution in [-0.4, -0.2) is 23.2 Å². The number of aliphatic carboxylic acids is 1. The van der Waals surface area contributed by atoms with Crippen molar-refractivity contribution in [3.8, 4) is 5.75 Å². The minimum Gasteiger partial charge on any atom is -0.496 e. The summed E-state index contributed by atoms with van der Waals surface area (Å²) in [5, 5.41) is 8.56. The van der Waals surface area contributed by atoms with E-state index in [1.54, 1.807) is 0 Å². The summed E-state index contributed by atoms with van der Waals surface area (Å²) in [6, 6.07) is 1.36.